The number of hydrogen-bond donors (Lipinski definition) is 2. The number of anilines is 1. The van der Waals surface area contributed by atoms with Crippen LogP contribution in [0.5, 0.6) is 0 Å². The summed E-state index contributed by atoms with van der Waals surface area (Å²) in [4.78, 5) is 4.33. The van der Waals surface area contributed by atoms with E-state index in [0.29, 0.717) is 18.1 Å². The highest BCUT2D eigenvalue weighted by Gasteiger charge is 2.18. The van der Waals surface area contributed by atoms with Gasteiger partial charge in [0.1, 0.15) is 4.90 Å². The number of rotatable bonds is 7. The Bertz CT molecular complexity index is 691. The molecule has 0 aliphatic carbocycles. The van der Waals surface area contributed by atoms with Crippen LogP contribution in [0.2, 0.25) is 0 Å². The molecule has 0 saturated carbocycles. The van der Waals surface area contributed by atoms with E-state index in [9.17, 15) is 8.42 Å². The minimum atomic E-state index is -3.68. The summed E-state index contributed by atoms with van der Waals surface area (Å²) in [5.41, 5.74) is 0.858. The van der Waals surface area contributed by atoms with Crippen molar-refractivity contribution in [3.63, 3.8) is 0 Å². The van der Waals surface area contributed by atoms with E-state index in [2.05, 4.69) is 14.8 Å². The predicted molar refractivity (Wildman–Crippen MR) is 80.9 cm³/mol. The standard InChI is InChI=1S/C12H18N4O3S2/c1-9(2)11-8-20-12(14-11)15-21(18,19)10-6-13-16(7-10)4-3-5-17/h6-9,17H,3-5H2,1-2H3,(H,14,15). The summed E-state index contributed by atoms with van der Waals surface area (Å²) >= 11 is 1.26. The molecule has 0 fully saturated rings. The van der Waals surface area contributed by atoms with Crippen molar-refractivity contribution in [2.75, 3.05) is 11.3 Å². The first-order valence-corrected chi connectivity index (χ1v) is 8.90. The maximum absolute atomic E-state index is 12.2. The van der Waals surface area contributed by atoms with Crippen molar-refractivity contribution >= 4 is 26.5 Å². The lowest BCUT2D eigenvalue weighted by atomic mass is 10.2. The number of aliphatic hydroxyl groups is 1. The summed E-state index contributed by atoms with van der Waals surface area (Å²) in [6.45, 7) is 4.51. The molecule has 2 heterocycles. The fourth-order valence-electron chi connectivity index (χ4n) is 1.61. The van der Waals surface area contributed by atoms with Crippen LogP contribution < -0.4 is 4.72 Å². The van der Waals surface area contributed by atoms with Gasteiger partial charge in [-0.3, -0.25) is 9.40 Å². The molecule has 0 spiro atoms. The summed E-state index contributed by atoms with van der Waals surface area (Å²) in [6, 6.07) is 0. The summed E-state index contributed by atoms with van der Waals surface area (Å²) < 4.78 is 28.4. The van der Waals surface area contributed by atoms with E-state index in [1.165, 1.54) is 28.4 Å². The number of nitrogens with one attached hydrogen (secondary N) is 1. The molecule has 2 aromatic rings. The third-order valence-electron chi connectivity index (χ3n) is 2.80. The molecule has 0 unspecified atom stereocenters. The average molecular weight is 330 g/mol. The maximum Gasteiger partial charge on any atom is 0.266 e. The highest BCUT2D eigenvalue weighted by Crippen LogP contribution is 2.23. The van der Waals surface area contributed by atoms with E-state index in [4.69, 9.17) is 5.11 Å². The number of thiazole rings is 1. The van der Waals surface area contributed by atoms with Crippen molar-refractivity contribution in [2.24, 2.45) is 0 Å². The fraction of sp³-hybridized carbons (Fsp3) is 0.500. The Labute approximate surface area is 127 Å². The second-order valence-corrected chi connectivity index (χ2v) is 7.39. The van der Waals surface area contributed by atoms with Crippen LogP contribution in [0.25, 0.3) is 0 Å². The van der Waals surface area contributed by atoms with Crippen LogP contribution in [-0.4, -0.2) is 34.9 Å². The molecule has 9 heteroatoms. The minimum Gasteiger partial charge on any atom is -0.396 e. The van der Waals surface area contributed by atoms with Gasteiger partial charge < -0.3 is 5.11 Å². The molecule has 0 bridgehead atoms. The van der Waals surface area contributed by atoms with Crippen molar-refractivity contribution in [3.8, 4) is 0 Å². The molecule has 0 aliphatic rings. The Kier molecular flexibility index (Phi) is 4.96. The highest BCUT2D eigenvalue weighted by atomic mass is 32.2. The Morgan fingerprint density at radius 2 is 2.24 bits per heavy atom. The van der Waals surface area contributed by atoms with Gasteiger partial charge >= 0.3 is 0 Å². The Balaban J connectivity index is 2.11. The van der Waals surface area contributed by atoms with E-state index in [0.717, 1.165) is 5.69 Å². The third-order valence-corrected chi connectivity index (χ3v) is 5.00. The van der Waals surface area contributed by atoms with Gasteiger partial charge in [-0.1, -0.05) is 13.8 Å². The number of aromatic nitrogens is 3. The molecule has 116 valence electrons. The van der Waals surface area contributed by atoms with Gasteiger partial charge in [0.25, 0.3) is 10.0 Å². The van der Waals surface area contributed by atoms with E-state index in [1.54, 1.807) is 0 Å². The van der Waals surface area contributed by atoms with Crippen molar-refractivity contribution in [3.05, 3.63) is 23.5 Å². The summed E-state index contributed by atoms with van der Waals surface area (Å²) in [6.07, 6.45) is 3.25. The Morgan fingerprint density at radius 1 is 1.48 bits per heavy atom. The monoisotopic (exact) mass is 330 g/mol. The fourth-order valence-corrected chi connectivity index (χ4v) is 3.69. The second kappa shape index (κ2) is 6.54. The predicted octanol–water partition coefficient (Wildman–Crippen LogP) is 1.65. The normalized spacial score (nSPS) is 12.0. The van der Waals surface area contributed by atoms with Crippen LogP contribution in [0.15, 0.2) is 22.7 Å². The molecule has 2 aromatic heterocycles. The highest BCUT2D eigenvalue weighted by molar-refractivity contribution is 7.93. The average Bonchev–Trinajstić information content (AvgIpc) is 3.04. The van der Waals surface area contributed by atoms with E-state index in [1.807, 2.05) is 19.2 Å². The molecular weight excluding hydrogens is 312 g/mol. The SMILES string of the molecule is CC(C)c1csc(NS(=O)(=O)c2cnn(CCCO)c2)n1. The molecule has 0 aromatic carbocycles. The van der Waals surface area contributed by atoms with Gasteiger partial charge in [0.05, 0.1) is 11.9 Å². The maximum atomic E-state index is 12.2. The van der Waals surface area contributed by atoms with Crippen LogP contribution in [0.3, 0.4) is 0 Å². The van der Waals surface area contributed by atoms with Gasteiger partial charge in [-0.15, -0.1) is 11.3 Å². The lowest BCUT2D eigenvalue weighted by Crippen LogP contribution is -2.12. The van der Waals surface area contributed by atoms with E-state index in [-0.39, 0.29) is 17.4 Å². The first-order chi connectivity index (χ1) is 9.92. The quantitative estimate of drug-likeness (QED) is 0.804. The number of sulfonamides is 1. The van der Waals surface area contributed by atoms with Crippen molar-refractivity contribution in [1.29, 1.82) is 0 Å². The van der Waals surface area contributed by atoms with Gasteiger partial charge in [-0.05, 0) is 12.3 Å². The van der Waals surface area contributed by atoms with Crippen LogP contribution >= 0.6 is 11.3 Å². The van der Waals surface area contributed by atoms with Gasteiger partial charge in [-0.2, -0.15) is 5.10 Å². The van der Waals surface area contributed by atoms with Gasteiger partial charge in [0, 0.05) is 24.7 Å². The minimum absolute atomic E-state index is 0.0390. The summed E-state index contributed by atoms with van der Waals surface area (Å²) in [5.74, 6) is 0.251. The molecule has 0 amide bonds. The molecule has 7 nitrogen and oxygen atoms in total. The summed E-state index contributed by atoms with van der Waals surface area (Å²) in [5, 5.41) is 14.9. The Hall–Kier alpha value is -1.45. The first-order valence-electron chi connectivity index (χ1n) is 6.54. The van der Waals surface area contributed by atoms with Crippen LogP contribution in [-0.2, 0) is 16.6 Å². The molecule has 0 saturated heterocycles. The molecule has 0 radical (unpaired) electrons. The smallest absolute Gasteiger partial charge is 0.266 e. The zero-order chi connectivity index (χ0) is 15.5. The third kappa shape index (κ3) is 4.02. The number of aryl methyl sites for hydroxylation is 1. The zero-order valence-corrected chi connectivity index (χ0v) is 13.5. The molecule has 0 aliphatic heterocycles. The molecular formula is C12H18N4O3S2. The van der Waals surface area contributed by atoms with Crippen molar-refractivity contribution in [2.45, 2.75) is 37.6 Å². The van der Waals surface area contributed by atoms with Crippen LogP contribution in [0.4, 0.5) is 5.13 Å². The number of nitrogens with zero attached hydrogens (tertiary/aromatic N) is 3. The molecule has 2 N–H and O–H groups in total. The van der Waals surface area contributed by atoms with Crippen molar-refractivity contribution in [1.82, 2.24) is 14.8 Å². The first kappa shape index (κ1) is 15.9. The summed E-state index contributed by atoms with van der Waals surface area (Å²) in [7, 11) is -3.68. The van der Waals surface area contributed by atoms with Gasteiger partial charge in [-0.25, -0.2) is 13.4 Å². The zero-order valence-electron chi connectivity index (χ0n) is 11.9. The molecule has 2 rings (SSSR count). The van der Waals surface area contributed by atoms with E-state index < -0.39 is 10.0 Å². The molecule has 0 atom stereocenters. The van der Waals surface area contributed by atoms with Gasteiger partial charge in [0.15, 0.2) is 5.13 Å². The second-order valence-electron chi connectivity index (χ2n) is 4.85. The number of hydrogen-bond acceptors (Lipinski definition) is 6. The van der Waals surface area contributed by atoms with Crippen LogP contribution in [0, 0.1) is 0 Å². The van der Waals surface area contributed by atoms with Crippen LogP contribution in [0.1, 0.15) is 31.9 Å². The topological polar surface area (TPSA) is 97.1 Å². The Morgan fingerprint density at radius 3 is 2.86 bits per heavy atom. The molecule has 21 heavy (non-hydrogen) atoms. The van der Waals surface area contributed by atoms with Crippen molar-refractivity contribution < 1.29 is 13.5 Å². The largest absolute Gasteiger partial charge is 0.396 e. The van der Waals surface area contributed by atoms with E-state index >= 15 is 0 Å². The lowest BCUT2D eigenvalue weighted by molar-refractivity contribution is 0.277. The lowest BCUT2D eigenvalue weighted by Gasteiger charge is -2.02. The number of aliphatic hydroxyl groups excluding tert-OH is 1. The van der Waals surface area contributed by atoms with Gasteiger partial charge in [0.2, 0.25) is 0 Å².